The van der Waals surface area contributed by atoms with Gasteiger partial charge in [-0.15, -0.1) is 0 Å². The van der Waals surface area contributed by atoms with Gasteiger partial charge in [-0.1, -0.05) is 32.7 Å². The first kappa shape index (κ1) is 17.4. The van der Waals surface area contributed by atoms with Gasteiger partial charge in [0, 0.05) is 10.9 Å². The molecule has 2 aromatic rings. The summed E-state index contributed by atoms with van der Waals surface area (Å²) in [5.74, 6) is 0. The summed E-state index contributed by atoms with van der Waals surface area (Å²) in [5.41, 5.74) is 0.268. The number of aliphatic hydroxyl groups excluding tert-OH is 1. The molecule has 24 heavy (non-hydrogen) atoms. The molecule has 0 saturated carbocycles. The maximum atomic E-state index is 11.9. The Morgan fingerprint density at radius 2 is 2.12 bits per heavy atom. The molecule has 1 aromatic carbocycles. The summed E-state index contributed by atoms with van der Waals surface area (Å²) in [6, 6.07) is 7.68. The summed E-state index contributed by atoms with van der Waals surface area (Å²) in [6.07, 6.45) is 1.53. The molecular weight excluding hydrogens is 376 g/mol. The number of ether oxygens (including phenoxy) is 1. The topological polar surface area (TPSA) is 79.3 Å². The highest BCUT2D eigenvalue weighted by Gasteiger charge is 2.43. The van der Waals surface area contributed by atoms with Crippen LogP contribution in [0, 0.1) is 0 Å². The lowest BCUT2D eigenvalue weighted by Gasteiger charge is -2.24. The van der Waals surface area contributed by atoms with Crippen LogP contribution in [0.4, 0.5) is 0 Å². The highest BCUT2D eigenvalue weighted by Crippen LogP contribution is 2.29. The van der Waals surface area contributed by atoms with E-state index in [1.807, 2.05) is 38.1 Å². The van der Waals surface area contributed by atoms with E-state index in [1.54, 1.807) is 4.68 Å². The number of nitrogens with zero attached hydrogens (tertiary/aromatic N) is 1. The second-order valence-corrected chi connectivity index (χ2v) is 7.58. The maximum absolute atomic E-state index is 11.9. The molecule has 2 N–H and O–H groups in total. The zero-order chi connectivity index (χ0) is 17.3. The van der Waals surface area contributed by atoms with Gasteiger partial charge in [-0.25, -0.2) is 4.79 Å². The van der Waals surface area contributed by atoms with Crippen molar-refractivity contribution in [2.75, 3.05) is 0 Å². The largest absolute Gasteiger partial charge is 0.433 e. The molecule has 6 nitrogen and oxygen atoms in total. The zero-order valence-corrected chi connectivity index (χ0v) is 15.4. The molecule has 0 fully saturated rings. The summed E-state index contributed by atoms with van der Waals surface area (Å²) in [7, 11) is 0. The molecule has 7 heteroatoms. The summed E-state index contributed by atoms with van der Waals surface area (Å²) < 4.78 is 13.7. The fourth-order valence-electron chi connectivity index (χ4n) is 3.23. The number of rotatable bonds is 4. The van der Waals surface area contributed by atoms with Gasteiger partial charge in [-0.2, -0.15) is 0 Å². The summed E-state index contributed by atoms with van der Waals surface area (Å²) in [5, 5.41) is 13.0. The zero-order valence-electron chi connectivity index (χ0n) is 13.8. The van der Waals surface area contributed by atoms with Gasteiger partial charge in [0.1, 0.15) is 0 Å². The van der Waals surface area contributed by atoms with Crippen LogP contribution in [-0.4, -0.2) is 16.5 Å². The molecule has 1 aliphatic heterocycles. The molecule has 2 atom stereocenters. The first-order valence-electron chi connectivity index (χ1n) is 8.10. The van der Waals surface area contributed by atoms with E-state index < -0.39 is 17.3 Å². The van der Waals surface area contributed by atoms with Crippen molar-refractivity contribution in [3.05, 3.63) is 50.4 Å². The van der Waals surface area contributed by atoms with Crippen LogP contribution in [0.25, 0.3) is 0 Å². The predicted molar refractivity (Wildman–Crippen MR) is 90.4 cm³/mol. The molecule has 0 aliphatic carbocycles. The molecule has 0 saturated heterocycles. The molecular formula is C17H22BrN2O4+. The Morgan fingerprint density at radius 3 is 2.83 bits per heavy atom. The Labute approximate surface area is 148 Å². The SMILES string of the molecule is CC1(C)OC(CCC(O)c2ccc(Br)cc2)CC[n+]2[nH]oc(=O)c21. The van der Waals surface area contributed by atoms with E-state index >= 15 is 0 Å². The Morgan fingerprint density at radius 1 is 1.42 bits per heavy atom. The number of aromatic nitrogens is 2. The number of hydrogen-bond donors (Lipinski definition) is 2. The van der Waals surface area contributed by atoms with Crippen LogP contribution in [0.3, 0.4) is 0 Å². The summed E-state index contributed by atoms with van der Waals surface area (Å²) in [4.78, 5) is 11.9. The number of aryl methyl sites for hydroxylation is 1. The third-order valence-electron chi connectivity index (χ3n) is 4.43. The number of nitrogens with one attached hydrogen (secondary N) is 1. The van der Waals surface area contributed by atoms with Gasteiger partial charge in [0.25, 0.3) is 0 Å². The number of fused-ring (bicyclic) bond motifs is 1. The van der Waals surface area contributed by atoms with Crippen LogP contribution in [0.2, 0.25) is 0 Å². The second-order valence-electron chi connectivity index (χ2n) is 6.66. The Hall–Kier alpha value is -1.44. The average Bonchev–Trinajstić information content (AvgIpc) is 2.85. The van der Waals surface area contributed by atoms with Crippen molar-refractivity contribution in [2.45, 2.75) is 57.5 Å². The van der Waals surface area contributed by atoms with Crippen LogP contribution < -0.4 is 10.3 Å². The van der Waals surface area contributed by atoms with E-state index in [-0.39, 0.29) is 6.10 Å². The third-order valence-corrected chi connectivity index (χ3v) is 4.96. The number of halogens is 1. The molecule has 130 valence electrons. The predicted octanol–water partition coefficient (Wildman–Crippen LogP) is 2.56. The lowest BCUT2D eigenvalue weighted by Crippen LogP contribution is -2.45. The Balaban J connectivity index is 1.65. The maximum Gasteiger partial charge on any atom is 0.433 e. The van der Waals surface area contributed by atoms with Crippen molar-refractivity contribution in [2.24, 2.45) is 0 Å². The standard InChI is InChI=1S/C17H21BrN2O4/c1-17(2)15-16(22)24-19-20(15)10-9-13(23-17)7-8-14(21)11-3-5-12(18)6-4-11/h3-6,13-14,21H,7-10H2,1-2H3/p+1. The molecule has 2 unspecified atom stereocenters. The highest BCUT2D eigenvalue weighted by atomic mass is 79.9. The van der Waals surface area contributed by atoms with E-state index in [9.17, 15) is 9.90 Å². The van der Waals surface area contributed by atoms with E-state index in [0.29, 0.717) is 18.7 Å². The second kappa shape index (κ2) is 6.82. The van der Waals surface area contributed by atoms with Crippen LogP contribution in [0.5, 0.6) is 0 Å². The van der Waals surface area contributed by atoms with Gasteiger partial charge in [0.15, 0.2) is 12.1 Å². The monoisotopic (exact) mass is 397 g/mol. The number of hydrogen-bond acceptors (Lipinski definition) is 4. The average molecular weight is 398 g/mol. The summed E-state index contributed by atoms with van der Waals surface area (Å²) in [6.45, 7) is 4.36. The fraction of sp³-hybridized carbons (Fsp3) is 0.529. The lowest BCUT2D eigenvalue weighted by atomic mass is 10.0. The molecule has 0 amide bonds. The van der Waals surface area contributed by atoms with Crippen LogP contribution in [0.1, 0.15) is 50.5 Å². The number of aliphatic hydroxyl groups is 1. The Kier molecular flexibility index (Phi) is 4.94. The van der Waals surface area contributed by atoms with Crippen molar-refractivity contribution < 1.29 is 19.0 Å². The van der Waals surface area contributed by atoms with Gasteiger partial charge in [-0.3, -0.25) is 4.52 Å². The molecule has 2 heterocycles. The van der Waals surface area contributed by atoms with Crippen molar-refractivity contribution >= 4 is 15.9 Å². The minimum Gasteiger partial charge on any atom is -0.388 e. The van der Waals surface area contributed by atoms with Crippen LogP contribution in [-0.2, 0) is 16.9 Å². The summed E-state index contributed by atoms with van der Waals surface area (Å²) >= 11 is 3.39. The normalized spacial score (nSPS) is 21.1. The quantitative estimate of drug-likeness (QED) is 0.776. The third kappa shape index (κ3) is 3.63. The molecule has 0 bridgehead atoms. The molecule has 1 aromatic heterocycles. The number of H-pyrrole nitrogens is 1. The number of aromatic amines is 1. The minimum atomic E-state index is -0.732. The number of benzene rings is 1. The van der Waals surface area contributed by atoms with Gasteiger partial charge < -0.3 is 9.84 Å². The molecule has 0 spiro atoms. The first-order valence-corrected chi connectivity index (χ1v) is 8.89. The van der Waals surface area contributed by atoms with Crippen molar-refractivity contribution in [1.82, 2.24) is 5.27 Å². The van der Waals surface area contributed by atoms with Crippen LogP contribution in [0.15, 0.2) is 38.1 Å². The fourth-order valence-corrected chi connectivity index (χ4v) is 3.50. The lowest BCUT2D eigenvalue weighted by molar-refractivity contribution is -0.770. The van der Waals surface area contributed by atoms with Gasteiger partial charge in [0.05, 0.1) is 12.2 Å². The van der Waals surface area contributed by atoms with Gasteiger partial charge in [0.2, 0.25) is 0 Å². The minimum absolute atomic E-state index is 0.0298. The molecule has 0 radical (unpaired) electrons. The van der Waals surface area contributed by atoms with Crippen LogP contribution >= 0.6 is 15.9 Å². The molecule has 1 aliphatic rings. The van der Waals surface area contributed by atoms with E-state index in [4.69, 9.17) is 9.26 Å². The van der Waals surface area contributed by atoms with Crippen molar-refractivity contribution in [3.63, 3.8) is 0 Å². The van der Waals surface area contributed by atoms with E-state index in [2.05, 4.69) is 21.2 Å². The Bertz CT molecular complexity index is 751. The van der Waals surface area contributed by atoms with E-state index in [0.717, 1.165) is 22.9 Å². The molecule has 3 rings (SSSR count). The smallest absolute Gasteiger partial charge is 0.388 e. The highest BCUT2D eigenvalue weighted by molar-refractivity contribution is 9.10. The van der Waals surface area contributed by atoms with Crippen molar-refractivity contribution in [3.8, 4) is 0 Å². The van der Waals surface area contributed by atoms with E-state index in [1.165, 1.54) is 0 Å². The van der Waals surface area contributed by atoms with Crippen molar-refractivity contribution in [1.29, 1.82) is 0 Å². The van der Waals surface area contributed by atoms with Gasteiger partial charge >= 0.3 is 11.3 Å². The first-order chi connectivity index (χ1) is 11.4. The van der Waals surface area contributed by atoms with Gasteiger partial charge in [-0.05, 0) is 49.7 Å².